The van der Waals surface area contributed by atoms with E-state index >= 15 is 4.39 Å². The average Bonchev–Trinajstić information content (AvgIpc) is 3.29. The number of urea groups is 1. The van der Waals surface area contributed by atoms with E-state index in [1.165, 1.54) is 37.4 Å². The van der Waals surface area contributed by atoms with Crippen LogP contribution in [0.2, 0.25) is 0 Å². The van der Waals surface area contributed by atoms with Crippen LogP contribution in [0.3, 0.4) is 0 Å². The number of carbonyl (C=O) groups is 4. The molecule has 14 heteroatoms. The van der Waals surface area contributed by atoms with Gasteiger partial charge in [-0.25, -0.2) is 23.3 Å². The summed E-state index contributed by atoms with van der Waals surface area (Å²) in [4.78, 5) is 51.5. The first kappa shape index (κ1) is 27.8. The molecule has 1 fully saturated rings. The molecule has 3 atom stereocenters. The summed E-state index contributed by atoms with van der Waals surface area (Å²) < 4.78 is 74.3. The lowest BCUT2D eigenvalue weighted by Crippen LogP contribution is -2.51. The molecule has 1 spiro atoms. The van der Waals surface area contributed by atoms with E-state index in [0.717, 1.165) is 19.1 Å². The molecule has 2 aromatic rings. The van der Waals surface area contributed by atoms with Crippen LogP contribution in [-0.4, -0.2) is 59.5 Å². The fourth-order valence-electron chi connectivity index (χ4n) is 4.55. The average molecular weight is 554 g/mol. The normalized spacial score (nSPS) is 21.0. The highest BCUT2D eigenvalue weighted by molar-refractivity contribution is 6.06. The molecule has 0 bridgehead atoms. The van der Waals surface area contributed by atoms with Gasteiger partial charge in [0.05, 0.1) is 0 Å². The Bertz CT molecular complexity index is 1320. The number of benzene rings is 2. The Morgan fingerprint density at radius 2 is 1.85 bits per heavy atom. The van der Waals surface area contributed by atoms with Crippen molar-refractivity contribution in [3.8, 4) is 0 Å². The largest absolute Gasteiger partial charge is 0.427 e. The van der Waals surface area contributed by atoms with Crippen molar-refractivity contribution in [3.05, 3.63) is 65.0 Å². The van der Waals surface area contributed by atoms with Crippen molar-refractivity contribution in [3.63, 3.8) is 0 Å². The van der Waals surface area contributed by atoms with Crippen molar-refractivity contribution in [1.29, 1.82) is 0 Å². The fraction of sp³-hybridized carbons (Fsp3) is 0.360. The summed E-state index contributed by atoms with van der Waals surface area (Å²) in [6.07, 6.45) is -8.56. The zero-order chi connectivity index (χ0) is 28.7. The third-order valence-corrected chi connectivity index (χ3v) is 6.67. The van der Waals surface area contributed by atoms with E-state index in [2.05, 4.69) is 10.6 Å². The van der Waals surface area contributed by atoms with Gasteiger partial charge >= 0.3 is 18.3 Å². The number of amides is 5. The summed E-state index contributed by atoms with van der Waals surface area (Å²) in [6.45, 7) is -0.944. The molecule has 5 amide bonds. The summed E-state index contributed by atoms with van der Waals surface area (Å²) in [5, 5.41) is 4.78. The highest BCUT2D eigenvalue weighted by Crippen LogP contribution is 2.52. The second-order valence-electron chi connectivity index (χ2n) is 9.13. The van der Waals surface area contributed by atoms with E-state index in [9.17, 15) is 36.7 Å². The molecule has 0 saturated carbocycles. The van der Waals surface area contributed by atoms with Crippen LogP contribution in [0.25, 0.3) is 0 Å². The van der Waals surface area contributed by atoms with Crippen LogP contribution in [0.15, 0.2) is 42.5 Å². The van der Waals surface area contributed by atoms with Crippen molar-refractivity contribution in [2.75, 3.05) is 18.9 Å². The third kappa shape index (κ3) is 5.22. The monoisotopic (exact) mass is 554 g/mol. The molecule has 1 saturated heterocycles. The number of nitrogens with zero attached hydrogens (tertiary/aromatic N) is 2. The summed E-state index contributed by atoms with van der Waals surface area (Å²) in [5.74, 6) is -2.96. The first-order chi connectivity index (χ1) is 18.3. The minimum atomic E-state index is -4.85. The minimum absolute atomic E-state index is 0.00224. The number of anilines is 1. The molecular formula is C25H23F5N4O5. The number of fused-ring (bicyclic) bond motifs is 2. The van der Waals surface area contributed by atoms with Gasteiger partial charge in [0.15, 0.2) is 0 Å². The number of nitrogens with one attached hydrogen (secondary N) is 2. The molecule has 2 N–H and O–H groups in total. The van der Waals surface area contributed by atoms with Gasteiger partial charge in [0.1, 0.15) is 24.6 Å². The number of alkyl halides is 4. The zero-order valence-electron chi connectivity index (χ0n) is 20.6. The lowest BCUT2D eigenvalue weighted by molar-refractivity contribution is -0.187. The van der Waals surface area contributed by atoms with Crippen LogP contribution in [0.1, 0.15) is 36.2 Å². The van der Waals surface area contributed by atoms with Gasteiger partial charge in [-0.2, -0.15) is 13.2 Å². The zero-order valence-corrected chi connectivity index (χ0v) is 20.6. The highest BCUT2D eigenvalue weighted by Gasteiger charge is 2.61. The van der Waals surface area contributed by atoms with E-state index in [1.54, 1.807) is 0 Å². The molecule has 0 aromatic heterocycles. The third-order valence-electron chi connectivity index (χ3n) is 6.67. The molecule has 208 valence electrons. The predicted octanol–water partition coefficient (Wildman–Crippen LogP) is 4.15. The maximum absolute atomic E-state index is 15.0. The van der Waals surface area contributed by atoms with Crippen molar-refractivity contribution in [2.45, 2.75) is 43.9 Å². The standard InChI is InChI=1S/C25H23F5N4O5/c1-13(25(28,29)30)33(11-14-3-5-15(26)6-4-14)20(35)12-34-21(36)24(39-23(34)38)10-19(27)17-9-16(7-8-18(17)24)32-22(37)31-2/h3-9,13,19H,10-12H2,1-2H3,(H2,31,32,37)/t13-,19+,24-/m0/s1. The van der Waals surface area contributed by atoms with Gasteiger partial charge in [-0.15, -0.1) is 0 Å². The maximum Gasteiger partial charge on any atom is 0.418 e. The molecule has 2 aromatic carbocycles. The van der Waals surface area contributed by atoms with Crippen LogP contribution in [0, 0.1) is 5.82 Å². The lowest BCUT2D eigenvalue weighted by Gasteiger charge is -2.31. The van der Waals surface area contributed by atoms with Crippen LogP contribution in [0.5, 0.6) is 0 Å². The van der Waals surface area contributed by atoms with Crippen LogP contribution < -0.4 is 10.6 Å². The number of imide groups is 1. The van der Waals surface area contributed by atoms with Crippen molar-refractivity contribution in [1.82, 2.24) is 15.1 Å². The molecule has 1 aliphatic carbocycles. The topological polar surface area (TPSA) is 108 Å². The Balaban J connectivity index is 1.59. The van der Waals surface area contributed by atoms with Gasteiger partial charge in [0, 0.05) is 31.3 Å². The smallest absolute Gasteiger partial charge is 0.418 e. The molecule has 0 radical (unpaired) electrons. The molecule has 4 rings (SSSR count). The quantitative estimate of drug-likeness (QED) is 0.522. The number of ether oxygens (including phenoxy) is 1. The predicted molar refractivity (Wildman–Crippen MR) is 125 cm³/mol. The van der Waals surface area contributed by atoms with Crippen molar-refractivity contribution < 1.29 is 45.9 Å². The van der Waals surface area contributed by atoms with Crippen LogP contribution >= 0.6 is 0 Å². The molecular weight excluding hydrogens is 531 g/mol. The van der Waals surface area contributed by atoms with Gasteiger partial charge in [0.2, 0.25) is 11.5 Å². The second-order valence-corrected chi connectivity index (χ2v) is 9.13. The molecule has 1 aliphatic heterocycles. The van der Waals surface area contributed by atoms with E-state index < -0.39 is 73.3 Å². The molecule has 2 aliphatic rings. The van der Waals surface area contributed by atoms with Gasteiger partial charge < -0.3 is 20.3 Å². The number of rotatable bonds is 6. The van der Waals surface area contributed by atoms with E-state index in [1.807, 2.05) is 0 Å². The maximum atomic E-state index is 15.0. The van der Waals surface area contributed by atoms with Gasteiger partial charge in [0.25, 0.3) is 5.91 Å². The van der Waals surface area contributed by atoms with Gasteiger partial charge in [-0.1, -0.05) is 18.2 Å². The Morgan fingerprint density at radius 1 is 1.18 bits per heavy atom. The Morgan fingerprint density at radius 3 is 2.46 bits per heavy atom. The number of hydrogen-bond acceptors (Lipinski definition) is 5. The first-order valence-electron chi connectivity index (χ1n) is 11.7. The summed E-state index contributed by atoms with van der Waals surface area (Å²) in [6, 6.07) is 5.47. The second kappa shape index (κ2) is 10.2. The highest BCUT2D eigenvalue weighted by atomic mass is 19.4. The molecule has 0 unspecified atom stereocenters. The van der Waals surface area contributed by atoms with Gasteiger partial charge in [-0.3, -0.25) is 9.59 Å². The number of halogens is 5. The summed E-state index contributed by atoms with van der Waals surface area (Å²) >= 11 is 0. The van der Waals surface area contributed by atoms with Crippen molar-refractivity contribution >= 4 is 29.6 Å². The van der Waals surface area contributed by atoms with E-state index in [0.29, 0.717) is 9.80 Å². The van der Waals surface area contributed by atoms with Crippen LogP contribution in [-0.2, 0) is 26.5 Å². The fourth-order valence-corrected chi connectivity index (χ4v) is 4.55. The van der Waals surface area contributed by atoms with Gasteiger partial charge in [-0.05, 0) is 42.3 Å². The Hall–Kier alpha value is -4.23. The molecule has 39 heavy (non-hydrogen) atoms. The number of carbonyl (C=O) groups excluding carboxylic acids is 4. The summed E-state index contributed by atoms with van der Waals surface area (Å²) in [7, 11) is 1.37. The SMILES string of the molecule is CNC(=O)Nc1ccc2c(c1)[C@H](F)C[C@]21OC(=O)N(CC(=O)N(Cc2ccc(F)cc2)[C@@H](C)C(F)(F)F)C1=O. The molecule has 1 heterocycles. The van der Waals surface area contributed by atoms with Crippen LogP contribution in [0.4, 0.5) is 37.2 Å². The molecule has 9 nitrogen and oxygen atoms in total. The van der Waals surface area contributed by atoms with Crippen molar-refractivity contribution in [2.24, 2.45) is 0 Å². The first-order valence-corrected chi connectivity index (χ1v) is 11.7. The van der Waals surface area contributed by atoms with E-state index in [4.69, 9.17) is 4.74 Å². The Kier molecular flexibility index (Phi) is 7.23. The van der Waals surface area contributed by atoms with E-state index in [-0.39, 0.29) is 22.4 Å². The lowest BCUT2D eigenvalue weighted by atomic mass is 9.94. The summed E-state index contributed by atoms with van der Waals surface area (Å²) in [5.41, 5.74) is -1.76. The number of hydrogen-bond donors (Lipinski definition) is 2. The minimum Gasteiger partial charge on any atom is -0.427 e. The Labute approximate surface area is 218 Å².